The van der Waals surface area contributed by atoms with Gasteiger partial charge in [-0.25, -0.2) is 0 Å². The second-order valence-corrected chi connectivity index (χ2v) is 12.3. The lowest BCUT2D eigenvalue weighted by molar-refractivity contribution is -0.167. The Morgan fingerprint density at radius 2 is 1.81 bits per heavy atom. The Morgan fingerprint density at radius 3 is 2.53 bits per heavy atom. The first-order valence-electron chi connectivity index (χ1n) is 13.3. The molecule has 4 aliphatic carbocycles. The van der Waals surface area contributed by atoms with Crippen LogP contribution in [0.3, 0.4) is 0 Å². The van der Waals surface area contributed by atoms with Gasteiger partial charge < -0.3 is 20.3 Å². The van der Waals surface area contributed by atoms with Crippen LogP contribution in [0.2, 0.25) is 0 Å². The Kier molecular flexibility index (Phi) is 7.30. The van der Waals surface area contributed by atoms with Crippen LogP contribution in [0.25, 0.3) is 0 Å². The Balaban J connectivity index is 1.48. The van der Waals surface area contributed by atoms with E-state index < -0.39 is 0 Å². The quantitative estimate of drug-likeness (QED) is 0.509. The number of fused-ring (bicyclic) bond motifs is 5. The number of carbonyl (C=O) groups excluding carboxylic acids is 1. The summed E-state index contributed by atoms with van der Waals surface area (Å²) in [5.41, 5.74) is 0.637. The van der Waals surface area contributed by atoms with Gasteiger partial charge in [0.05, 0.1) is 19.8 Å². The number of nitrogens with one attached hydrogen (secondary N) is 1. The molecule has 0 saturated heterocycles. The molecule has 0 aromatic heterocycles. The number of esters is 1. The fourth-order valence-electron chi connectivity index (χ4n) is 9.30. The third kappa shape index (κ3) is 4.15. The van der Waals surface area contributed by atoms with Gasteiger partial charge in [0.1, 0.15) is 0 Å². The first-order valence-corrected chi connectivity index (χ1v) is 13.3. The van der Waals surface area contributed by atoms with Gasteiger partial charge in [0.15, 0.2) is 0 Å². The van der Waals surface area contributed by atoms with E-state index in [9.17, 15) is 15.0 Å². The largest absolute Gasteiger partial charge is 0.469 e. The van der Waals surface area contributed by atoms with E-state index in [4.69, 9.17) is 4.74 Å². The first kappa shape index (κ1) is 24.5. The fourth-order valence-corrected chi connectivity index (χ4v) is 9.30. The van der Waals surface area contributed by atoms with Gasteiger partial charge in [-0.2, -0.15) is 0 Å². The second kappa shape index (κ2) is 9.54. The molecule has 3 N–H and O–H groups in total. The molecule has 4 unspecified atom stereocenters. The maximum Gasteiger partial charge on any atom is 0.305 e. The topological polar surface area (TPSA) is 78.8 Å². The van der Waals surface area contributed by atoms with Gasteiger partial charge in [-0.3, -0.25) is 4.79 Å². The summed E-state index contributed by atoms with van der Waals surface area (Å²) in [5, 5.41) is 24.2. The van der Waals surface area contributed by atoms with Crippen LogP contribution in [0.5, 0.6) is 0 Å². The molecule has 0 amide bonds. The predicted molar refractivity (Wildman–Crippen MR) is 126 cm³/mol. The summed E-state index contributed by atoms with van der Waals surface area (Å²) in [5.74, 6) is 3.36. The van der Waals surface area contributed by atoms with Crippen LogP contribution < -0.4 is 5.32 Å². The molecule has 10 atom stereocenters. The van der Waals surface area contributed by atoms with Crippen molar-refractivity contribution in [1.29, 1.82) is 0 Å². The van der Waals surface area contributed by atoms with Crippen LogP contribution >= 0.6 is 0 Å². The maximum atomic E-state index is 11.7. The molecule has 5 heteroatoms. The molecule has 4 fully saturated rings. The standard InChI is InChI=1S/C27H47NO4/c1-17(5-8-24(31)32-4)20-6-7-21-25-22(10-12-27(20,21)3)26(2)11-9-19(28-13-14-29)15-18(26)16-23(25)30/h17-23,25,28-30H,5-16H2,1-4H3/t17-,18?,19+,20-,21?,22?,23-,25?,26+,27-/m1/s1. The van der Waals surface area contributed by atoms with Crippen LogP contribution in [0, 0.1) is 46.3 Å². The lowest BCUT2D eigenvalue weighted by Crippen LogP contribution is -2.59. The van der Waals surface area contributed by atoms with Gasteiger partial charge in [0, 0.05) is 19.0 Å². The van der Waals surface area contributed by atoms with E-state index in [2.05, 4.69) is 26.1 Å². The van der Waals surface area contributed by atoms with Crippen LogP contribution in [0.15, 0.2) is 0 Å². The van der Waals surface area contributed by atoms with E-state index in [0.717, 1.165) is 19.3 Å². The van der Waals surface area contributed by atoms with E-state index in [1.165, 1.54) is 45.6 Å². The molecule has 32 heavy (non-hydrogen) atoms. The summed E-state index contributed by atoms with van der Waals surface area (Å²) >= 11 is 0. The number of rotatable bonds is 7. The number of carbonyl (C=O) groups is 1. The summed E-state index contributed by atoms with van der Waals surface area (Å²) in [6.07, 6.45) is 10.8. The molecule has 0 aromatic carbocycles. The van der Waals surface area contributed by atoms with Crippen molar-refractivity contribution in [3.63, 3.8) is 0 Å². The minimum absolute atomic E-state index is 0.0917. The van der Waals surface area contributed by atoms with Crippen molar-refractivity contribution in [3.8, 4) is 0 Å². The minimum Gasteiger partial charge on any atom is -0.469 e. The molecule has 0 spiro atoms. The lowest BCUT2D eigenvalue weighted by Gasteiger charge is -2.62. The summed E-state index contributed by atoms with van der Waals surface area (Å²) in [6, 6.07) is 0.490. The zero-order valence-corrected chi connectivity index (χ0v) is 20.8. The van der Waals surface area contributed by atoms with E-state index in [0.29, 0.717) is 65.3 Å². The van der Waals surface area contributed by atoms with Crippen LogP contribution in [0.4, 0.5) is 0 Å². The average molecular weight is 450 g/mol. The highest BCUT2D eigenvalue weighted by Crippen LogP contribution is 2.68. The molecule has 4 aliphatic rings. The molecule has 0 bridgehead atoms. The Hall–Kier alpha value is -0.650. The number of ether oxygens (including phenoxy) is 1. The van der Waals surface area contributed by atoms with E-state index >= 15 is 0 Å². The summed E-state index contributed by atoms with van der Waals surface area (Å²) < 4.78 is 4.88. The molecule has 0 heterocycles. The van der Waals surface area contributed by atoms with Gasteiger partial charge >= 0.3 is 5.97 Å². The molecule has 0 aromatic rings. The van der Waals surface area contributed by atoms with E-state index in [-0.39, 0.29) is 18.7 Å². The van der Waals surface area contributed by atoms with Gasteiger partial charge in [-0.05, 0) is 104 Å². The zero-order valence-electron chi connectivity index (χ0n) is 20.8. The predicted octanol–water partition coefficient (Wildman–Crippen LogP) is 4.16. The molecular formula is C27H47NO4. The normalized spacial score (nSPS) is 46.6. The van der Waals surface area contributed by atoms with Gasteiger partial charge in [-0.1, -0.05) is 20.8 Å². The Labute approximate surface area is 195 Å². The Bertz CT molecular complexity index is 670. The molecule has 5 nitrogen and oxygen atoms in total. The first-order chi connectivity index (χ1) is 15.2. The summed E-state index contributed by atoms with van der Waals surface area (Å²) in [4.78, 5) is 11.7. The second-order valence-electron chi connectivity index (χ2n) is 12.3. The number of methoxy groups -OCH3 is 1. The van der Waals surface area contributed by atoms with Crippen LogP contribution in [-0.2, 0) is 9.53 Å². The number of aliphatic hydroxyl groups excluding tert-OH is 2. The van der Waals surface area contributed by atoms with Gasteiger partial charge in [0.2, 0.25) is 0 Å². The van der Waals surface area contributed by atoms with Crippen molar-refractivity contribution in [2.75, 3.05) is 20.3 Å². The minimum atomic E-state index is -0.177. The summed E-state index contributed by atoms with van der Waals surface area (Å²) in [7, 11) is 1.48. The van der Waals surface area contributed by atoms with Gasteiger partial charge in [0.25, 0.3) is 0 Å². The highest BCUT2D eigenvalue weighted by atomic mass is 16.5. The SMILES string of the molecule is COC(=O)CC[C@@H](C)[C@H]1CCC2C3C(CC[C@@]21C)[C@@]1(C)CC[C@H](NCCO)CC1C[C@H]3O. The van der Waals surface area contributed by atoms with Crippen LogP contribution in [0.1, 0.15) is 85.0 Å². The molecule has 184 valence electrons. The third-order valence-corrected chi connectivity index (χ3v) is 11.0. The van der Waals surface area contributed by atoms with Crippen molar-refractivity contribution in [2.24, 2.45) is 46.3 Å². The van der Waals surface area contributed by atoms with Gasteiger partial charge in [-0.15, -0.1) is 0 Å². The number of aliphatic hydroxyl groups is 2. The fraction of sp³-hybridized carbons (Fsp3) is 0.963. The van der Waals surface area contributed by atoms with Crippen molar-refractivity contribution >= 4 is 5.97 Å². The number of hydrogen-bond donors (Lipinski definition) is 3. The van der Waals surface area contributed by atoms with Crippen molar-refractivity contribution in [1.82, 2.24) is 5.32 Å². The Morgan fingerprint density at radius 1 is 1.09 bits per heavy atom. The highest BCUT2D eigenvalue weighted by Gasteiger charge is 2.62. The summed E-state index contributed by atoms with van der Waals surface area (Å²) in [6.45, 7) is 8.27. The smallest absolute Gasteiger partial charge is 0.305 e. The molecule has 4 saturated carbocycles. The van der Waals surface area contributed by atoms with Crippen molar-refractivity contribution in [3.05, 3.63) is 0 Å². The van der Waals surface area contributed by atoms with Crippen molar-refractivity contribution in [2.45, 2.75) is 97.1 Å². The number of hydrogen-bond acceptors (Lipinski definition) is 5. The average Bonchev–Trinajstić information content (AvgIpc) is 3.13. The van der Waals surface area contributed by atoms with E-state index in [1.807, 2.05) is 0 Å². The molecule has 4 rings (SSSR count). The maximum absolute atomic E-state index is 11.7. The molecule has 0 aliphatic heterocycles. The molecule has 0 radical (unpaired) electrons. The van der Waals surface area contributed by atoms with Crippen LogP contribution in [-0.4, -0.2) is 48.6 Å². The lowest BCUT2D eigenvalue weighted by atomic mass is 9.43. The van der Waals surface area contributed by atoms with Crippen molar-refractivity contribution < 1.29 is 19.7 Å². The third-order valence-electron chi connectivity index (χ3n) is 11.0. The monoisotopic (exact) mass is 449 g/mol. The van der Waals surface area contributed by atoms with E-state index in [1.54, 1.807) is 0 Å². The molecular weight excluding hydrogens is 402 g/mol. The highest BCUT2D eigenvalue weighted by molar-refractivity contribution is 5.69. The zero-order chi connectivity index (χ0) is 23.1.